The largest absolute Gasteiger partial charge is 0.324 e. The van der Waals surface area contributed by atoms with E-state index in [4.69, 9.17) is 15.0 Å². The number of aromatic nitrogens is 1. The van der Waals surface area contributed by atoms with Crippen molar-refractivity contribution in [1.29, 1.82) is 0 Å². The Hall–Kier alpha value is -5.13. The molecule has 1 atom stereocenters. The van der Waals surface area contributed by atoms with Crippen LogP contribution in [0.1, 0.15) is 22.9 Å². The average molecular weight is 545 g/mol. The first-order valence-corrected chi connectivity index (χ1v) is 14.5. The van der Waals surface area contributed by atoms with Crippen LogP contribution in [0.5, 0.6) is 0 Å². The second-order valence-corrected chi connectivity index (χ2v) is 11.1. The van der Waals surface area contributed by atoms with Crippen LogP contribution in [-0.4, -0.2) is 16.7 Å². The number of amidine groups is 2. The number of para-hydroxylation sites is 1. The molecule has 0 fully saturated rings. The summed E-state index contributed by atoms with van der Waals surface area (Å²) in [5.74, 6) is 1.61. The van der Waals surface area contributed by atoms with Gasteiger partial charge in [-0.2, -0.15) is 0 Å². The van der Waals surface area contributed by atoms with E-state index in [2.05, 4.69) is 108 Å². The standard InChI is InChI=1S/C36H24N4S/c1-3-11-23(12-4-1)24-19-21-26(22-20-24)35-38-34(25-13-5-2-6-14-25)39-36(40-35)31-27-15-7-9-17-29(27)37-32-28-16-8-10-18-30(28)41-33(31)32/h1-22,36H,(H,38,39,40). The van der Waals surface area contributed by atoms with E-state index in [1.807, 2.05) is 30.3 Å². The quantitative estimate of drug-likeness (QED) is 0.241. The van der Waals surface area contributed by atoms with Crippen molar-refractivity contribution in [2.24, 2.45) is 9.98 Å². The summed E-state index contributed by atoms with van der Waals surface area (Å²) < 4.78 is 2.35. The highest BCUT2D eigenvalue weighted by atomic mass is 32.1. The fraction of sp³-hybridized carbons (Fsp3) is 0.0278. The Kier molecular flexibility index (Phi) is 5.68. The zero-order valence-corrected chi connectivity index (χ0v) is 22.8. The van der Waals surface area contributed by atoms with Crippen molar-refractivity contribution < 1.29 is 0 Å². The molecule has 0 amide bonds. The van der Waals surface area contributed by atoms with Gasteiger partial charge in [0.25, 0.3) is 0 Å². The Balaban J connectivity index is 1.34. The first-order chi connectivity index (χ1) is 20.3. The third-order valence-corrected chi connectivity index (χ3v) is 8.74. The summed E-state index contributed by atoms with van der Waals surface area (Å²) >= 11 is 1.77. The minimum absolute atomic E-state index is 0.432. The molecule has 0 saturated carbocycles. The first-order valence-electron chi connectivity index (χ1n) is 13.7. The summed E-state index contributed by atoms with van der Waals surface area (Å²) in [5, 5.41) is 5.80. The molecule has 4 nitrogen and oxygen atoms in total. The van der Waals surface area contributed by atoms with Crippen LogP contribution >= 0.6 is 11.3 Å². The minimum atomic E-state index is -0.432. The van der Waals surface area contributed by atoms with E-state index in [1.54, 1.807) is 11.3 Å². The maximum Gasteiger partial charge on any atom is 0.171 e. The van der Waals surface area contributed by atoms with Gasteiger partial charge in [0.05, 0.1) is 15.7 Å². The van der Waals surface area contributed by atoms with Crippen molar-refractivity contribution in [1.82, 2.24) is 10.3 Å². The lowest BCUT2D eigenvalue weighted by atomic mass is 10.0. The molecule has 0 aliphatic carbocycles. The summed E-state index contributed by atoms with van der Waals surface area (Å²) in [6.45, 7) is 0. The van der Waals surface area contributed by atoms with Crippen LogP contribution in [-0.2, 0) is 0 Å². The predicted octanol–water partition coefficient (Wildman–Crippen LogP) is 8.77. The monoisotopic (exact) mass is 544 g/mol. The van der Waals surface area contributed by atoms with Gasteiger partial charge in [0.1, 0.15) is 11.7 Å². The van der Waals surface area contributed by atoms with Gasteiger partial charge in [0, 0.05) is 32.2 Å². The molecule has 5 aromatic carbocycles. The summed E-state index contributed by atoms with van der Waals surface area (Å²) in [6, 6.07) is 46.1. The number of rotatable bonds is 4. The van der Waals surface area contributed by atoms with Crippen molar-refractivity contribution in [2.75, 3.05) is 0 Å². The first kappa shape index (κ1) is 23.7. The lowest BCUT2D eigenvalue weighted by Gasteiger charge is -2.23. The number of nitrogens with zero attached hydrogens (tertiary/aromatic N) is 3. The fourth-order valence-corrected chi connectivity index (χ4v) is 6.76. The molecule has 0 spiro atoms. The molecule has 1 aliphatic rings. The Bertz CT molecular complexity index is 2110. The summed E-state index contributed by atoms with van der Waals surface area (Å²) in [6.07, 6.45) is -0.432. The molecule has 0 saturated heterocycles. The van der Waals surface area contributed by atoms with Crippen LogP contribution in [0.2, 0.25) is 0 Å². The van der Waals surface area contributed by atoms with Crippen LogP contribution in [0.4, 0.5) is 0 Å². The molecule has 194 valence electrons. The normalized spacial score (nSPS) is 15.1. The van der Waals surface area contributed by atoms with Gasteiger partial charge in [-0.25, -0.2) is 15.0 Å². The fourth-order valence-electron chi connectivity index (χ4n) is 5.54. The number of benzene rings is 5. The maximum atomic E-state index is 5.27. The smallest absolute Gasteiger partial charge is 0.171 e. The Labute approximate surface area is 241 Å². The highest BCUT2D eigenvalue weighted by Gasteiger charge is 2.26. The van der Waals surface area contributed by atoms with Gasteiger partial charge in [-0.15, -0.1) is 11.3 Å². The molecule has 1 unspecified atom stereocenters. The molecule has 2 aromatic heterocycles. The van der Waals surface area contributed by atoms with E-state index in [0.29, 0.717) is 0 Å². The average Bonchev–Trinajstić information content (AvgIpc) is 3.42. The maximum absolute atomic E-state index is 5.27. The number of thiophene rings is 1. The molecular formula is C36H24N4S. The zero-order valence-electron chi connectivity index (χ0n) is 22.0. The van der Waals surface area contributed by atoms with Crippen molar-refractivity contribution in [3.8, 4) is 11.1 Å². The van der Waals surface area contributed by atoms with Gasteiger partial charge in [-0.05, 0) is 23.3 Å². The highest BCUT2D eigenvalue weighted by molar-refractivity contribution is 7.26. The van der Waals surface area contributed by atoms with Gasteiger partial charge in [-0.1, -0.05) is 121 Å². The summed E-state index contributed by atoms with van der Waals surface area (Å²) in [5.41, 5.74) is 7.47. The Morgan fingerprint density at radius 3 is 1.78 bits per heavy atom. The molecule has 7 aromatic rings. The van der Waals surface area contributed by atoms with E-state index in [-0.39, 0.29) is 0 Å². The van der Waals surface area contributed by atoms with Gasteiger partial charge < -0.3 is 5.32 Å². The van der Waals surface area contributed by atoms with Crippen molar-refractivity contribution in [3.05, 3.63) is 150 Å². The number of pyridine rings is 1. The second-order valence-electron chi connectivity index (χ2n) is 10.1. The third kappa shape index (κ3) is 4.19. The second kappa shape index (κ2) is 9.81. The number of fused-ring (bicyclic) bond motifs is 4. The molecule has 1 N–H and O–H groups in total. The van der Waals surface area contributed by atoms with Gasteiger partial charge in [0.2, 0.25) is 0 Å². The van der Waals surface area contributed by atoms with Gasteiger partial charge in [-0.3, -0.25) is 0 Å². The van der Waals surface area contributed by atoms with Crippen LogP contribution in [0.25, 0.3) is 42.3 Å². The molecular weight excluding hydrogens is 520 g/mol. The van der Waals surface area contributed by atoms with Crippen molar-refractivity contribution >= 4 is 54.2 Å². The number of nitrogens with one attached hydrogen (secondary N) is 1. The van der Waals surface area contributed by atoms with Crippen LogP contribution in [0.3, 0.4) is 0 Å². The molecule has 0 radical (unpaired) electrons. The van der Waals surface area contributed by atoms with E-state index in [0.717, 1.165) is 49.5 Å². The molecule has 1 aliphatic heterocycles. The highest BCUT2D eigenvalue weighted by Crippen LogP contribution is 2.42. The van der Waals surface area contributed by atoms with Crippen LogP contribution in [0.15, 0.2) is 143 Å². The third-order valence-electron chi connectivity index (χ3n) is 7.55. The number of aliphatic imine (C=N–C) groups is 2. The number of hydrogen-bond acceptors (Lipinski definition) is 5. The molecule has 5 heteroatoms. The topological polar surface area (TPSA) is 49.6 Å². The molecule has 0 bridgehead atoms. The van der Waals surface area contributed by atoms with Crippen molar-refractivity contribution in [3.63, 3.8) is 0 Å². The molecule has 3 heterocycles. The predicted molar refractivity (Wildman–Crippen MR) is 172 cm³/mol. The van der Waals surface area contributed by atoms with E-state index >= 15 is 0 Å². The summed E-state index contributed by atoms with van der Waals surface area (Å²) in [7, 11) is 0. The van der Waals surface area contributed by atoms with Gasteiger partial charge in [0.15, 0.2) is 6.17 Å². The SMILES string of the molecule is c1ccc(C2=NC(c3c4ccccc4nc4c3sc3ccccc34)N=C(c3ccc(-c4ccccc4)cc3)N2)cc1. The lowest BCUT2D eigenvalue weighted by molar-refractivity contribution is 0.769. The Morgan fingerprint density at radius 1 is 0.512 bits per heavy atom. The summed E-state index contributed by atoms with van der Waals surface area (Å²) in [4.78, 5) is 15.6. The van der Waals surface area contributed by atoms with E-state index in [9.17, 15) is 0 Å². The van der Waals surface area contributed by atoms with E-state index < -0.39 is 6.17 Å². The van der Waals surface area contributed by atoms with Crippen LogP contribution < -0.4 is 5.32 Å². The molecule has 41 heavy (non-hydrogen) atoms. The van der Waals surface area contributed by atoms with Gasteiger partial charge >= 0.3 is 0 Å². The molecule has 8 rings (SSSR count). The van der Waals surface area contributed by atoms with E-state index in [1.165, 1.54) is 21.2 Å². The Morgan fingerprint density at radius 2 is 1.05 bits per heavy atom. The number of hydrogen-bond donors (Lipinski definition) is 1. The van der Waals surface area contributed by atoms with Crippen molar-refractivity contribution in [2.45, 2.75) is 6.17 Å². The van der Waals surface area contributed by atoms with Crippen LogP contribution in [0, 0.1) is 0 Å². The zero-order chi connectivity index (χ0) is 27.2. The lowest BCUT2D eigenvalue weighted by Crippen LogP contribution is -2.36. The minimum Gasteiger partial charge on any atom is -0.324 e.